The number of rotatable bonds is 62. The first-order valence-electron chi connectivity index (χ1n) is 38.4. The maximum atomic E-state index is 14.7. The molecule has 560 valence electrons. The molecule has 0 aliphatic heterocycles. The Kier molecular flexibility index (Phi) is 46.1. The number of carbonyl (C=O) groups excluding carboxylic acids is 4. The molecule has 17 nitrogen and oxygen atoms in total. The van der Waals surface area contributed by atoms with E-state index in [0.717, 1.165) is 80.9 Å². The topological polar surface area (TPSA) is 212 Å². The van der Waals surface area contributed by atoms with E-state index in [1.54, 1.807) is 60.7 Å². The Hall–Kier alpha value is -6.16. The molecule has 0 heterocycles. The predicted molar refractivity (Wildman–Crippen MR) is 404 cm³/mol. The van der Waals surface area contributed by atoms with Gasteiger partial charge in [-0.05, 0) is 79.5 Å². The summed E-state index contributed by atoms with van der Waals surface area (Å²) in [5.41, 5.74) is 2.50. The molecule has 19 heteroatoms. The second kappa shape index (κ2) is 54.5. The van der Waals surface area contributed by atoms with Gasteiger partial charge in [-0.2, -0.15) is 0 Å². The molecule has 0 bridgehead atoms. The molecule has 4 atom stereocenters. The molecule has 5 aromatic rings. The number of hydrogen-bond donors (Lipinski definition) is 3. The van der Waals surface area contributed by atoms with Gasteiger partial charge in [-0.3, -0.25) is 37.3 Å². The van der Waals surface area contributed by atoms with Crippen LogP contribution in [0.5, 0.6) is 11.5 Å². The monoisotopic (exact) mass is 1440 g/mol. The van der Waals surface area contributed by atoms with E-state index in [0.29, 0.717) is 25.9 Å². The van der Waals surface area contributed by atoms with Crippen molar-refractivity contribution in [2.24, 2.45) is 0 Å². The van der Waals surface area contributed by atoms with Crippen LogP contribution < -0.4 is 25.0 Å². The Labute approximate surface area is 606 Å². The third kappa shape index (κ3) is 41.7. The average Bonchev–Trinajstić information content (AvgIpc) is 0.859. The van der Waals surface area contributed by atoms with Crippen molar-refractivity contribution in [3.05, 3.63) is 168 Å². The van der Waals surface area contributed by atoms with Crippen LogP contribution in [0.2, 0.25) is 0 Å². The number of amides is 3. The minimum absolute atomic E-state index is 0.0610. The second-order valence-corrected chi connectivity index (χ2v) is 29.9. The van der Waals surface area contributed by atoms with E-state index in [4.69, 9.17) is 36.6 Å². The molecular weight excluding hydrogens is 1310 g/mol. The first kappa shape index (κ1) is 85.5. The molecule has 0 aliphatic rings. The van der Waals surface area contributed by atoms with Crippen LogP contribution in [0.4, 0.5) is 0 Å². The van der Waals surface area contributed by atoms with Crippen molar-refractivity contribution < 1.29 is 64.9 Å². The van der Waals surface area contributed by atoms with E-state index in [2.05, 4.69) is 36.7 Å². The van der Waals surface area contributed by atoms with Crippen molar-refractivity contribution in [2.45, 2.75) is 290 Å². The molecule has 0 aliphatic carbocycles. The first-order valence-corrected chi connectivity index (χ1v) is 41.3. The molecule has 3 amide bonds. The highest BCUT2D eigenvalue weighted by Gasteiger charge is 2.34. The molecular formula is C82H123N3O14P2. The van der Waals surface area contributed by atoms with Crippen LogP contribution in [0.3, 0.4) is 0 Å². The van der Waals surface area contributed by atoms with Gasteiger partial charge < -0.3 is 34.5 Å². The minimum atomic E-state index is -4.42. The Morgan fingerprint density at radius 3 is 1.25 bits per heavy atom. The third-order valence-electron chi connectivity index (χ3n) is 17.7. The maximum absolute atomic E-state index is 14.7. The summed E-state index contributed by atoms with van der Waals surface area (Å²) >= 11 is 0. The first-order chi connectivity index (χ1) is 49.4. The van der Waals surface area contributed by atoms with Crippen molar-refractivity contribution in [3.63, 3.8) is 0 Å². The lowest BCUT2D eigenvalue weighted by molar-refractivity contribution is -0.151. The fourth-order valence-corrected chi connectivity index (χ4v) is 14.3. The third-order valence-corrected chi connectivity index (χ3v) is 20.4. The van der Waals surface area contributed by atoms with E-state index in [-0.39, 0.29) is 94.9 Å². The van der Waals surface area contributed by atoms with E-state index >= 15 is 0 Å². The summed E-state index contributed by atoms with van der Waals surface area (Å²) in [6, 6.07) is 43.4. The van der Waals surface area contributed by atoms with Gasteiger partial charge in [0, 0.05) is 19.4 Å². The minimum Gasteiger partial charge on any atom is -0.462 e. The standard InChI is InChI=1S/C82H123N3O14P2/c1-4-7-10-13-16-19-22-25-39-58-76(92-66-70-47-33-28-34-48-70)64-79(86)84-73(69-96-100(90,94-67-71-49-35-29-36-50-71)95-68-72-51-37-30-38-52-72)53-46-62-83-82(89)78(61-63-93-101(91,98-74-54-41-31-42-55-74)99-75-56-43-32-44-57-75)85-80(87)65-77(59-40-26-23-20-17-14-11-8-5-2)97-81(88)60-45-27-24-21-18-15-12-9-6-3/h28-38,41-44,47-52,54-57,73,76-78H,4-27,39-40,45-46,53,58-69H2,1-3H3,(H,83,89)(H,84,86)(H,85,87)/t73-,76-,77-,78?/m1/s1. The molecule has 5 rings (SSSR count). The summed E-state index contributed by atoms with van der Waals surface area (Å²) in [6.45, 7) is 6.29. The van der Waals surface area contributed by atoms with Gasteiger partial charge in [-0.25, -0.2) is 9.13 Å². The number of carbonyl (C=O) groups is 4. The number of phosphoric ester groups is 2. The molecule has 0 spiro atoms. The van der Waals surface area contributed by atoms with Crippen molar-refractivity contribution in [3.8, 4) is 11.5 Å². The van der Waals surface area contributed by atoms with Gasteiger partial charge in [0.25, 0.3) is 0 Å². The largest absolute Gasteiger partial charge is 0.587 e. The van der Waals surface area contributed by atoms with Gasteiger partial charge in [0.1, 0.15) is 23.6 Å². The smallest absolute Gasteiger partial charge is 0.462 e. The zero-order valence-electron chi connectivity index (χ0n) is 61.3. The predicted octanol–water partition coefficient (Wildman–Crippen LogP) is 21.1. The van der Waals surface area contributed by atoms with E-state index in [9.17, 15) is 28.3 Å². The molecule has 101 heavy (non-hydrogen) atoms. The normalized spacial score (nSPS) is 12.8. The summed E-state index contributed by atoms with van der Waals surface area (Å²) < 4.78 is 77.8. The fourth-order valence-electron chi connectivity index (χ4n) is 11.9. The van der Waals surface area contributed by atoms with E-state index in [1.165, 1.54) is 103 Å². The average molecular weight is 1440 g/mol. The van der Waals surface area contributed by atoms with Crippen LogP contribution in [0.1, 0.15) is 262 Å². The SMILES string of the molecule is CCCCCCCCCCCC(=O)O[C@H](CCCCCCCCCCC)CC(=O)NC(CCOP(=O)(Oc1ccccc1)Oc1ccccc1)C(=O)NCCC[C@H](COP(=O)(OCc1ccccc1)OCc1ccccc1)NC(=O)C[C@@H](CCCCCCCCCCC)OCc1ccccc1. The highest BCUT2D eigenvalue weighted by Crippen LogP contribution is 2.52. The number of phosphoric acid groups is 2. The van der Waals surface area contributed by atoms with Crippen LogP contribution in [0.15, 0.2) is 152 Å². The maximum Gasteiger partial charge on any atom is 0.587 e. The zero-order valence-corrected chi connectivity index (χ0v) is 63.1. The van der Waals surface area contributed by atoms with Crippen LogP contribution in [-0.4, -0.2) is 67.7 Å². The number of hydrogen-bond acceptors (Lipinski definition) is 14. The highest BCUT2D eigenvalue weighted by atomic mass is 31.2. The summed E-state index contributed by atoms with van der Waals surface area (Å²) in [7, 11) is -8.73. The van der Waals surface area contributed by atoms with Crippen LogP contribution >= 0.6 is 15.6 Å². The van der Waals surface area contributed by atoms with Crippen LogP contribution in [-0.2, 0) is 75.7 Å². The van der Waals surface area contributed by atoms with Crippen molar-refractivity contribution in [1.82, 2.24) is 16.0 Å². The van der Waals surface area contributed by atoms with Gasteiger partial charge in [-0.1, -0.05) is 309 Å². The summed E-state index contributed by atoms with van der Waals surface area (Å²) in [4.78, 5) is 57.0. The Morgan fingerprint density at radius 2 is 0.782 bits per heavy atom. The van der Waals surface area contributed by atoms with Gasteiger partial charge in [0.05, 0.1) is 58.0 Å². The summed E-state index contributed by atoms with van der Waals surface area (Å²) in [5, 5.41) is 9.06. The van der Waals surface area contributed by atoms with Crippen LogP contribution in [0.25, 0.3) is 0 Å². The molecule has 0 saturated carbocycles. The lowest BCUT2D eigenvalue weighted by Gasteiger charge is -2.25. The molecule has 0 saturated heterocycles. The Balaban J connectivity index is 1.34. The van der Waals surface area contributed by atoms with Gasteiger partial charge in [0.15, 0.2) is 0 Å². The molecule has 0 aromatic heterocycles. The lowest BCUT2D eigenvalue weighted by atomic mass is 10.0. The quantitative estimate of drug-likeness (QED) is 0.0188. The number of para-hydroxylation sites is 2. The fraction of sp³-hybridized carbons (Fsp3) is 0.585. The number of nitrogens with one attached hydrogen (secondary N) is 3. The summed E-state index contributed by atoms with van der Waals surface area (Å²) in [5.74, 6) is -1.26. The molecule has 0 fully saturated rings. The second-order valence-electron chi connectivity index (χ2n) is 26.7. The molecule has 5 aromatic carbocycles. The zero-order chi connectivity index (χ0) is 72.0. The van der Waals surface area contributed by atoms with Gasteiger partial charge in [0.2, 0.25) is 17.7 Å². The number of ether oxygens (including phenoxy) is 2. The van der Waals surface area contributed by atoms with E-state index in [1.807, 2.05) is 91.0 Å². The lowest BCUT2D eigenvalue weighted by Crippen LogP contribution is -2.48. The Morgan fingerprint density at radius 1 is 0.386 bits per heavy atom. The Bertz CT molecular complexity index is 2920. The van der Waals surface area contributed by atoms with E-state index < -0.39 is 51.8 Å². The summed E-state index contributed by atoms with van der Waals surface area (Å²) in [6.07, 6.45) is 30.9. The number of esters is 1. The van der Waals surface area contributed by atoms with Crippen molar-refractivity contribution >= 4 is 39.3 Å². The van der Waals surface area contributed by atoms with Crippen molar-refractivity contribution in [2.75, 3.05) is 19.8 Å². The molecule has 0 radical (unpaired) electrons. The van der Waals surface area contributed by atoms with Gasteiger partial charge in [-0.15, -0.1) is 0 Å². The van der Waals surface area contributed by atoms with Gasteiger partial charge >= 0.3 is 21.6 Å². The number of benzene rings is 5. The van der Waals surface area contributed by atoms with Crippen LogP contribution in [0, 0.1) is 0 Å². The highest BCUT2D eigenvalue weighted by molar-refractivity contribution is 7.49. The molecule has 3 N–H and O–H groups in total. The van der Waals surface area contributed by atoms with Crippen molar-refractivity contribution in [1.29, 1.82) is 0 Å². The molecule has 1 unspecified atom stereocenters. The number of unbranched alkanes of at least 4 members (excludes halogenated alkanes) is 24.